The molecule has 0 spiro atoms. The number of fused-ring (bicyclic) bond motifs is 1. The van der Waals surface area contributed by atoms with Crippen LogP contribution in [0.3, 0.4) is 0 Å². The predicted molar refractivity (Wildman–Crippen MR) is 105 cm³/mol. The molecule has 3 aromatic rings. The number of nitrogens with zero attached hydrogens (tertiary/aromatic N) is 2. The van der Waals surface area contributed by atoms with E-state index >= 15 is 0 Å². The summed E-state index contributed by atoms with van der Waals surface area (Å²) in [6, 6.07) is 12.8. The van der Waals surface area contributed by atoms with E-state index in [-0.39, 0.29) is 0 Å². The zero-order chi connectivity index (χ0) is 18.3. The molecule has 0 N–H and O–H groups in total. The van der Waals surface area contributed by atoms with Gasteiger partial charge >= 0.3 is 0 Å². The average Bonchev–Trinajstić information content (AvgIpc) is 2.58. The minimum absolute atomic E-state index is 0.494. The van der Waals surface area contributed by atoms with E-state index in [2.05, 4.69) is 75.3 Å². The van der Waals surface area contributed by atoms with Crippen molar-refractivity contribution in [2.24, 2.45) is 7.05 Å². The molecule has 2 nitrogen and oxygen atoms in total. The Labute approximate surface area is 150 Å². The Morgan fingerprint density at radius 3 is 2.36 bits per heavy atom. The molecule has 0 aliphatic rings. The zero-order valence-corrected chi connectivity index (χ0v) is 15.9. The second-order valence-corrected chi connectivity index (χ2v) is 7.24. The molecule has 0 bridgehead atoms. The second kappa shape index (κ2) is 6.33. The maximum Gasteiger partial charge on any atom is 0.220 e. The third kappa shape index (κ3) is 2.91. The number of aryl methyl sites for hydroxylation is 2. The fraction of sp³-hybridized carbons (Fsp3) is 0.304. The van der Waals surface area contributed by atoms with Crippen molar-refractivity contribution >= 4 is 16.5 Å². The lowest BCUT2D eigenvalue weighted by Crippen LogP contribution is -2.35. The smallest absolute Gasteiger partial charge is 0.220 e. The standard InChI is InChI=1S/C23H25N2/c1-14(2)18-10-15(3)17(5)22(13-18)23-21-9-8-20(24-6)12-19(21)11-16(4)25(23)7/h8-14H,1-5,7H3/q+1. The largest absolute Gasteiger partial charge is 0.238 e. The number of aromatic nitrogens is 1. The molecule has 0 saturated carbocycles. The molecule has 0 fully saturated rings. The number of hydrogen-bond donors (Lipinski definition) is 0. The molecule has 0 amide bonds. The monoisotopic (exact) mass is 329 g/mol. The van der Waals surface area contributed by atoms with E-state index in [0.29, 0.717) is 11.6 Å². The van der Waals surface area contributed by atoms with Gasteiger partial charge in [0.25, 0.3) is 0 Å². The van der Waals surface area contributed by atoms with Gasteiger partial charge in [0.15, 0.2) is 11.4 Å². The van der Waals surface area contributed by atoms with Crippen molar-refractivity contribution in [3.05, 3.63) is 70.2 Å². The Morgan fingerprint density at radius 2 is 1.72 bits per heavy atom. The van der Waals surface area contributed by atoms with E-state index < -0.39 is 0 Å². The Hall–Kier alpha value is -2.66. The lowest BCUT2D eigenvalue weighted by atomic mass is 9.90. The molecular formula is C23H25N2+. The maximum atomic E-state index is 7.29. The van der Waals surface area contributed by atoms with Gasteiger partial charge < -0.3 is 0 Å². The Kier molecular flexibility index (Phi) is 4.35. The van der Waals surface area contributed by atoms with Crippen LogP contribution in [0.5, 0.6) is 0 Å². The van der Waals surface area contributed by atoms with Gasteiger partial charge in [0, 0.05) is 13.0 Å². The van der Waals surface area contributed by atoms with Crippen LogP contribution in [0.2, 0.25) is 0 Å². The second-order valence-electron chi connectivity index (χ2n) is 7.24. The molecule has 0 atom stereocenters. The molecule has 1 heterocycles. The van der Waals surface area contributed by atoms with Gasteiger partial charge in [0.1, 0.15) is 7.05 Å². The van der Waals surface area contributed by atoms with Crippen molar-refractivity contribution < 1.29 is 4.57 Å². The van der Waals surface area contributed by atoms with Crippen molar-refractivity contribution in [3.8, 4) is 11.3 Å². The van der Waals surface area contributed by atoms with Crippen LogP contribution in [-0.2, 0) is 7.05 Å². The molecule has 3 rings (SSSR count). The van der Waals surface area contributed by atoms with E-state index in [0.717, 1.165) is 5.39 Å². The van der Waals surface area contributed by atoms with E-state index in [9.17, 15) is 0 Å². The molecule has 2 heteroatoms. The van der Waals surface area contributed by atoms with Gasteiger partial charge in [-0.1, -0.05) is 32.0 Å². The third-order valence-corrected chi connectivity index (χ3v) is 5.26. The summed E-state index contributed by atoms with van der Waals surface area (Å²) in [5.41, 5.74) is 8.41. The van der Waals surface area contributed by atoms with Crippen LogP contribution in [-0.4, -0.2) is 0 Å². The van der Waals surface area contributed by atoms with E-state index in [1.807, 2.05) is 12.1 Å². The van der Waals surface area contributed by atoms with Gasteiger partial charge in [-0.2, -0.15) is 4.57 Å². The molecule has 0 unspecified atom stereocenters. The minimum atomic E-state index is 0.494. The molecule has 1 aromatic heterocycles. The van der Waals surface area contributed by atoms with Crippen LogP contribution in [0.1, 0.15) is 42.1 Å². The van der Waals surface area contributed by atoms with E-state index in [1.54, 1.807) is 0 Å². The molecule has 0 aliphatic carbocycles. The van der Waals surface area contributed by atoms with Crippen LogP contribution < -0.4 is 4.57 Å². The van der Waals surface area contributed by atoms with E-state index in [4.69, 9.17) is 6.57 Å². The molecule has 0 saturated heterocycles. The molecule has 0 aliphatic heterocycles. The first kappa shape index (κ1) is 17.2. The quantitative estimate of drug-likeness (QED) is 0.407. The summed E-state index contributed by atoms with van der Waals surface area (Å²) in [5, 5.41) is 2.33. The molecule has 0 radical (unpaired) electrons. The summed E-state index contributed by atoms with van der Waals surface area (Å²) in [5.74, 6) is 0.494. The highest BCUT2D eigenvalue weighted by atomic mass is 14.9. The zero-order valence-electron chi connectivity index (χ0n) is 15.9. The minimum Gasteiger partial charge on any atom is -0.238 e. The Balaban J connectivity index is 2.44. The predicted octanol–water partition coefficient (Wildman–Crippen LogP) is 5.93. The fourth-order valence-electron chi connectivity index (χ4n) is 3.43. The van der Waals surface area contributed by atoms with Crippen LogP contribution in [0, 0.1) is 27.3 Å². The highest BCUT2D eigenvalue weighted by Crippen LogP contribution is 2.34. The third-order valence-electron chi connectivity index (χ3n) is 5.26. The maximum absolute atomic E-state index is 7.29. The number of rotatable bonds is 2. The molecule has 126 valence electrons. The van der Waals surface area contributed by atoms with Crippen LogP contribution >= 0.6 is 0 Å². The SMILES string of the molecule is [C-]#[N+]c1ccc2c(-c3cc(C(C)C)cc(C)c3C)[n+](C)c(C)cc2c1. The summed E-state index contributed by atoms with van der Waals surface area (Å²) in [6.45, 7) is 18.3. The molecule has 25 heavy (non-hydrogen) atoms. The summed E-state index contributed by atoms with van der Waals surface area (Å²) < 4.78 is 2.27. The van der Waals surface area contributed by atoms with Gasteiger partial charge in [-0.15, -0.1) is 0 Å². The summed E-state index contributed by atoms with van der Waals surface area (Å²) in [6.07, 6.45) is 0. The van der Waals surface area contributed by atoms with Crippen molar-refractivity contribution in [1.82, 2.24) is 0 Å². The van der Waals surface area contributed by atoms with Crippen molar-refractivity contribution in [2.75, 3.05) is 0 Å². The summed E-state index contributed by atoms with van der Waals surface area (Å²) >= 11 is 0. The normalized spacial score (nSPS) is 11.1. The Morgan fingerprint density at radius 1 is 1.00 bits per heavy atom. The summed E-state index contributed by atoms with van der Waals surface area (Å²) in [7, 11) is 2.13. The fourth-order valence-corrected chi connectivity index (χ4v) is 3.43. The van der Waals surface area contributed by atoms with Crippen molar-refractivity contribution in [1.29, 1.82) is 0 Å². The Bertz CT molecular complexity index is 1020. The van der Waals surface area contributed by atoms with Crippen LogP contribution in [0.25, 0.3) is 26.9 Å². The van der Waals surface area contributed by atoms with Gasteiger partial charge in [0.2, 0.25) is 5.69 Å². The van der Waals surface area contributed by atoms with Gasteiger partial charge in [-0.05, 0) is 54.0 Å². The number of benzene rings is 2. The van der Waals surface area contributed by atoms with Crippen LogP contribution in [0.15, 0.2) is 36.4 Å². The van der Waals surface area contributed by atoms with Gasteiger partial charge in [-0.25, -0.2) is 4.85 Å². The first-order chi connectivity index (χ1) is 11.8. The highest BCUT2D eigenvalue weighted by Gasteiger charge is 2.21. The number of hydrogen-bond acceptors (Lipinski definition) is 0. The van der Waals surface area contributed by atoms with Crippen molar-refractivity contribution in [2.45, 2.75) is 40.5 Å². The van der Waals surface area contributed by atoms with E-state index in [1.165, 1.54) is 39.0 Å². The lowest BCUT2D eigenvalue weighted by Gasteiger charge is -2.15. The van der Waals surface area contributed by atoms with Crippen molar-refractivity contribution in [3.63, 3.8) is 0 Å². The van der Waals surface area contributed by atoms with Crippen LogP contribution in [0.4, 0.5) is 5.69 Å². The molecular weight excluding hydrogens is 304 g/mol. The summed E-state index contributed by atoms with van der Waals surface area (Å²) in [4.78, 5) is 3.59. The average molecular weight is 329 g/mol. The number of pyridine rings is 1. The highest BCUT2D eigenvalue weighted by molar-refractivity contribution is 5.96. The van der Waals surface area contributed by atoms with Gasteiger partial charge in [-0.3, -0.25) is 0 Å². The first-order valence-corrected chi connectivity index (χ1v) is 8.76. The lowest BCUT2D eigenvalue weighted by molar-refractivity contribution is -0.665. The topological polar surface area (TPSA) is 8.24 Å². The molecule has 2 aromatic carbocycles. The van der Waals surface area contributed by atoms with Gasteiger partial charge in [0.05, 0.1) is 17.5 Å². The first-order valence-electron chi connectivity index (χ1n) is 8.76.